The average Bonchev–Trinajstić information content (AvgIpc) is 2.53. The SMILES string of the molecule is CCCNc1nc(C)cn1C(C)C(C)(C)C. The molecule has 0 aliphatic heterocycles. The van der Waals surface area contributed by atoms with Crippen LogP contribution in [0.3, 0.4) is 0 Å². The van der Waals surface area contributed by atoms with E-state index in [1.54, 1.807) is 0 Å². The zero-order valence-electron chi connectivity index (χ0n) is 11.5. The standard InChI is InChI=1S/C13H25N3/c1-7-8-14-12-15-10(2)9-16(12)11(3)13(4,5)6/h9,11H,7-8H2,1-6H3,(H,14,15). The third-order valence-corrected chi connectivity index (χ3v) is 3.06. The summed E-state index contributed by atoms with van der Waals surface area (Å²) < 4.78 is 2.25. The molecule has 0 fully saturated rings. The molecule has 0 bridgehead atoms. The summed E-state index contributed by atoms with van der Waals surface area (Å²) in [5, 5.41) is 3.39. The monoisotopic (exact) mass is 223 g/mol. The van der Waals surface area contributed by atoms with E-state index in [9.17, 15) is 0 Å². The van der Waals surface area contributed by atoms with Gasteiger partial charge in [-0.15, -0.1) is 0 Å². The van der Waals surface area contributed by atoms with Crippen LogP contribution < -0.4 is 5.32 Å². The lowest BCUT2D eigenvalue weighted by Gasteiger charge is -2.29. The summed E-state index contributed by atoms with van der Waals surface area (Å²) >= 11 is 0. The second-order valence-electron chi connectivity index (χ2n) is 5.58. The molecular weight excluding hydrogens is 198 g/mol. The molecule has 16 heavy (non-hydrogen) atoms. The molecular formula is C13H25N3. The smallest absolute Gasteiger partial charge is 0.203 e. The lowest BCUT2D eigenvalue weighted by Crippen LogP contribution is -2.22. The van der Waals surface area contributed by atoms with Gasteiger partial charge in [0.2, 0.25) is 5.95 Å². The van der Waals surface area contributed by atoms with Gasteiger partial charge >= 0.3 is 0 Å². The predicted molar refractivity (Wildman–Crippen MR) is 69.9 cm³/mol. The maximum absolute atomic E-state index is 4.53. The molecule has 1 aromatic heterocycles. The summed E-state index contributed by atoms with van der Waals surface area (Å²) in [5.74, 6) is 1.00. The van der Waals surface area contributed by atoms with Gasteiger partial charge in [-0.25, -0.2) is 4.98 Å². The Bertz CT molecular complexity index is 333. The number of rotatable bonds is 4. The Labute approximate surface area is 99.3 Å². The minimum atomic E-state index is 0.246. The summed E-state index contributed by atoms with van der Waals surface area (Å²) in [6.07, 6.45) is 3.25. The molecule has 0 saturated carbocycles. The van der Waals surface area contributed by atoms with Gasteiger partial charge in [-0.1, -0.05) is 27.7 Å². The first-order valence-corrected chi connectivity index (χ1v) is 6.15. The van der Waals surface area contributed by atoms with E-state index in [0.717, 1.165) is 24.6 Å². The number of nitrogens with one attached hydrogen (secondary N) is 1. The minimum Gasteiger partial charge on any atom is -0.356 e. The van der Waals surface area contributed by atoms with Crippen molar-refractivity contribution in [1.29, 1.82) is 0 Å². The van der Waals surface area contributed by atoms with Gasteiger partial charge in [0.15, 0.2) is 0 Å². The maximum atomic E-state index is 4.53. The molecule has 3 heteroatoms. The number of imidazole rings is 1. The van der Waals surface area contributed by atoms with Gasteiger partial charge in [-0.3, -0.25) is 0 Å². The fraction of sp³-hybridized carbons (Fsp3) is 0.769. The molecule has 1 aromatic rings. The second kappa shape index (κ2) is 4.89. The van der Waals surface area contributed by atoms with E-state index >= 15 is 0 Å². The van der Waals surface area contributed by atoms with Crippen LogP contribution >= 0.6 is 0 Å². The number of hydrogen-bond donors (Lipinski definition) is 1. The third kappa shape index (κ3) is 3.00. The number of aromatic nitrogens is 2. The van der Waals surface area contributed by atoms with Crippen LogP contribution in [-0.4, -0.2) is 16.1 Å². The Morgan fingerprint density at radius 2 is 2.06 bits per heavy atom. The van der Waals surface area contributed by atoms with E-state index < -0.39 is 0 Å². The molecule has 1 N–H and O–H groups in total. The van der Waals surface area contributed by atoms with Crippen molar-refractivity contribution in [2.24, 2.45) is 5.41 Å². The normalized spacial score (nSPS) is 13.9. The summed E-state index contributed by atoms with van der Waals surface area (Å²) in [7, 11) is 0. The van der Waals surface area contributed by atoms with Gasteiger partial charge in [0, 0.05) is 18.8 Å². The molecule has 1 heterocycles. The summed E-state index contributed by atoms with van der Waals surface area (Å²) in [6, 6.07) is 0.438. The fourth-order valence-corrected chi connectivity index (χ4v) is 1.60. The Morgan fingerprint density at radius 3 is 2.56 bits per heavy atom. The highest BCUT2D eigenvalue weighted by atomic mass is 15.2. The Morgan fingerprint density at radius 1 is 1.44 bits per heavy atom. The van der Waals surface area contributed by atoms with Crippen LogP contribution in [0.2, 0.25) is 0 Å². The van der Waals surface area contributed by atoms with Crippen LogP contribution in [0.5, 0.6) is 0 Å². The van der Waals surface area contributed by atoms with Crippen LogP contribution in [0.4, 0.5) is 5.95 Å². The van der Waals surface area contributed by atoms with E-state index in [1.807, 2.05) is 6.92 Å². The maximum Gasteiger partial charge on any atom is 0.203 e. The average molecular weight is 223 g/mol. The van der Waals surface area contributed by atoms with Gasteiger partial charge in [0.1, 0.15) is 0 Å². The van der Waals surface area contributed by atoms with E-state index in [0.29, 0.717) is 6.04 Å². The largest absolute Gasteiger partial charge is 0.356 e. The first-order valence-electron chi connectivity index (χ1n) is 6.15. The Balaban J connectivity index is 2.94. The minimum absolute atomic E-state index is 0.246. The van der Waals surface area contributed by atoms with Crippen molar-refractivity contribution in [2.45, 2.75) is 54.0 Å². The van der Waals surface area contributed by atoms with Crippen molar-refractivity contribution >= 4 is 5.95 Å². The molecule has 0 spiro atoms. The van der Waals surface area contributed by atoms with Crippen molar-refractivity contribution in [1.82, 2.24) is 9.55 Å². The fourth-order valence-electron chi connectivity index (χ4n) is 1.60. The Hall–Kier alpha value is -0.990. The summed E-state index contributed by atoms with van der Waals surface area (Å²) in [4.78, 5) is 4.53. The second-order valence-corrected chi connectivity index (χ2v) is 5.58. The van der Waals surface area contributed by atoms with Gasteiger partial charge in [-0.2, -0.15) is 0 Å². The lowest BCUT2D eigenvalue weighted by molar-refractivity contribution is 0.264. The van der Waals surface area contributed by atoms with Crippen molar-refractivity contribution < 1.29 is 0 Å². The van der Waals surface area contributed by atoms with Crippen LogP contribution in [0, 0.1) is 12.3 Å². The van der Waals surface area contributed by atoms with Crippen LogP contribution in [0.15, 0.2) is 6.20 Å². The van der Waals surface area contributed by atoms with Crippen molar-refractivity contribution in [2.75, 3.05) is 11.9 Å². The van der Waals surface area contributed by atoms with Crippen molar-refractivity contribution in [3.8, 4) is 0 Å². The predicted octanol–water partition coefficient (Wildman–Crippen LogP) is 3.62. The number of anilines is 1. The first kappa shape index (κ1) is 13.1. The van der Waals surface area contributed by atoms with E-state index in [1.165, 1.54) is 0 Å². The van der Waals surface area contributed by atoms with Crippen molar-refractivity contribution in [3.63, 3.8) is 0 Å². The van der Waals surface area contributed by atoms with E-state index in [2.05, 4.69) is 55.7 Å². The Kier molecular flexibility index (Phi) is 4.00. The third-order valence-electron chi connectivity index (χ3n) is 3.06. The molecule has 0 aliphatic rings. The first-order chi connectivity index (χ1) is 7.36. The van der Waals surface area contributed by atoms with Crippen molar-refractivity contribution in [3.05, 3.63) is 11.9 Å². The van der Waals surface area contributed by atoms with Crippen LogP contribution in [0.1, 0.15) is 52.8 Å². The highest BCUT2D eigenvalue weighted by Gasteiger charge is 2.23. The molecule has 0 aromatic carbocycles. The van der Waals surface area contributed by atoms with Gasteiger partial charge in [0.25, 0.3) is 0 Å². The number of hydrogen-bond acceptors (Lipinski definition) is 2. The summed E-state index contributed by atoms with van der Waals surface area (Å²) in [5.41, 5.74) is 1.32. The zero-order chi connectivity index (χ0) is 12.3. The highest BCUT2D eigenvalue weighted by Crippen LogP contribution is 2.32. The lowest BCUT2D eigenvalue weighted by atomic mass is 9.88. The molecule has 0 saturated heterocycles. The molecule has 0 amide bonds. The zero-order valence-corrected chi connectivity index (χ0v) is 11.5. The van der Waals surface area contributed by atoms with E-state index in [4.69, 9.17) is 0 Å². The van der Waals surface area contributed by atoms with Gasteiger partial charge in [-0.05, 0) is 25.7 Å². The van der Waals surface area contributed by atoms with Gasteiger partial charge in [0.05, 0.1) is 5.69 Å². The molecule has 1 unspecified atom stereocenters. The molecule has 1 rings (SSSR count). The highest BCUT2D eigenvalue weighted by molar-refractivity contribution is 5.29. The van der Waals surface area contributed by atoms with Gasteiger partial charge < -0.3 is 9.88 Å². The molecule has 0 radical (unpaired) electrons. The molecule has 0 aliphatic carbocycles. The molecule has 3 nitrogen and oxygen atoms in total. The number of aryl methyl sites for hydroxylation is 1. The number of nitrogens with zero attached hydrogens (tertiary/aromatic N) is 2. The van der Waals surface area contributed by atoms with Crippen LogP contribution in [0.25, 0.3) is 0 Å². The molecule has 1 atom stereocenters. The topological polar surface area (TPSA) is 29.9 Å². The van der Waals surface area contributed by atoms with Crippen LogP contribution in [-0.2, 0) is 0 Å². The van der Waals surface area contributed by atoms with E-state index in [-0.39, 0.29) is 5.41 Å². The molecule has 92 valence electrons. The quantitative estimate of drug-likeness (QED) is 0.845. The summed E-state index contributed by atoms with van der Waals surface area (Å²) in [6.45, 7) is 14.2.